The lowest BCUT2D eigenvalue weighted by Gasteiger charge is -2.17. The number of hydrogen-bond donors (Lipinski definition) is 0. The number of likely N-dealkylation sites (tertiary alicyclic amines) is 1. The van der Waals surface area contributed by atoms with Crippen molar-refractivity contribution in [3.63, 3.8) is 0 Å². The smallest absolute Gasteiger partial charge is 0.231 e. The van der Waals surface area contributed by atoms with Gasteiger partial charge in [0.05, 0.1) is 6.42 Å². The first-order valence-corrected chi connectivity index (χ1v) is 8.22. The molecule has 1 amide bonds. The Bertz CT molecular complexity index is 824. The van der Waals surface area contributed by atoms with E-state index in [2.05, 4.69) is 0 Å². The SMILES string of the molecule is O=C(Cc1cccc(F)c1F)N1CCC(c2ccc3c(c2)OCO3)C1. The molecule has 2 aliphatic rings. The van der Waals surface area contributed by atoms with Crippen molar-refractivity contribution in [2.45, 2.75) is 18.8 Å². The number of ether oxygens (including phenoxy) is 2. The molecule has 0 N–H and O–H groups in total. The lowest BCUT2D eigenvalue weighted by molar-refractivity contribution is -0.129. The van der Waals surface area contributed by atoms with Crippen LogP contribution in [0.1, 0.15) is 23.5 Å². The molecule has 4 rings (SSSR count). The van der Waals surface area contributed by atoms with Gasteiger partial charge in [0.1, 0.15) is 0 Å². The minimum Gasteiger partial charge on any atom is -0.454 e. The lowest BCUT2D eigenvalue weighted by Crippen LogP contribution is -2.30. The molecule has 2 aromatic carbocycles. The highest BCUT2D eigenvalue weighted by molar-refractivity contribution is 5.79. The van der Waals surface area contributed by atoms with Gasteiger partial charge in [-0.25, -0.2) is 8.78 Å². The fourth-order valence-corrected chi connectivity index (χ4v) is 3.39. The molecule has 1 fully saturated rings. The van der Waals surface area contributed by atoms with Crippen LogP contribution < -0.4 is 9.47 Å². The van der Waals surface area contributed by atoms with E-state index in [1.807, 2.05) is 18.2 Å². The summed E-state index contributed by atoms with van der Waals surface area (Å²) in [7, 11) is 0. The second kappa shape index (κ2) is 6.35. The van der Waals surface area contributed by atoms with Gasteiger partial charge < -0.3 is 14.4 Å². The highest BCUT2D eigenvalue weighted by Gasteiger charge is 2.29. The van der Waals surface area contributed by atoms with Crippen molar-refractivity contribution < 1.29 is 23.0 Å². The second-order valence-corrected chi connectivity index (χ2v) is 6.33. The third-order valence-corrected chi connectivity index (χ3v) is 4.78. The normalized spacial score (nSPS) is 18.6. The standard InChI is InChI=1S/C19H17F2NO3/c20-15-3-1-2-13(19(15)21)9-18(23)22-7-6-14(10-22)12-4-5-16-17(8-12)25-11-24-16/h1-5,8,14H,6-7,9-11H2. The van der Waals surface area contributed by atoms with Crippen LogP contribution in [-0.4, -0.2) is 30.7 Å². The Morgan fingerprint density at radius 2 is 2.00 bits per heavy atom. The van der Waals surface area contributed by atoms with Gasteiger partial charge in [0.15, 0.2) is 23.1 Å². The molecule has 1 saturated heterocycles. The first-order valence-electron chi connectivity index (χ1n) is 8.22. The molecule has 0 radical (unpaired) electrons. The Kier molecular flexibility index (Phi) is 4.03. The van der Waals surface area contributed by atoms with Crippen LogP contribution in [0.5, 0.6) is 11.5 Å². The minimum atomic E-state index is -0.942. The zero-order chi connectivity index (χ0) is 17.4. The highest BCUT2D eigenvalue weighted by Crippen LogP contribution is 2.37. The van der Waals surface area contributed by atoms with Crippen molar-refractivity contribution in [2.24, 2.45) is 0 Å². The van der Waals surface area contributed by atoms with Crippen molar-refractivity contribution in [1.82, 2.24) is 4.90 Å². The maximum atomic E-state index is 13.7. The lowest BCUT2D eigenvalue weighted by atomic mass is 9.98. The van der Waals surface area contributed by atoms with E-state index >= 15 is 0 Å². The molecule has 1 atom stereocenters. The monoisotopic (exact) mass is 345 g/mol. The van der Waals surface area contributed by atoms with Crippen LogP contribution in [0.2, 0.25) is 0 Å². The van der Waals surface area contributed by atoms with E-state index < -0.39 is 11.6 Å². The number of benzene rings is 2. The predicted molar refractivity (Wildman–Crippen MR) is 86.6 cm³/mol. The van der Waals surface area contributed by atoms with Crippen LogP contribution in [0.25, 0.3) is 0 Å². The molecule has 2 aromatic rings. The van der Waals surface area contributed by atoms with Crippen molar-refractivity contribution >= 4 is 5.91 Å². The van der Waals surface area contributed by atoms with E-state index in [0.717, 1.165) is 29.5 Å². The van der Waals surface area contributed by atoms with Gasteiger partial charge in [-0.05, 0) is 30.2 Å². The number of carbonyl (C=O) groups is 1. The molecule has 0 bridgehead atoms. The van der Waals surface area contributed by atoms with E-state index in [4.69, 9.17) is 9.47 Å². The summed E-state index contributed by atoms with van der Waals surface area (Å²) < 4.78 is 37.7. The van der Waals surface area contributed by atoms with Crippen molar-refractivity contribution in [2.75, 3.05) is 19.9 Å². The van der Waals surface area contributed by atoms with Crippen molar-refractivity contribution in [1.29, 1.82) is 0 Å². The summed E-state index contributed by atoms with van der Waals surface area (Å²) in [6, 6.07) is 9.73. The first-order chi connectivity index (χ1) is 12.1. The van der Waals surface area contributed by atoms with Crippen LogP contribution in [0, 0.1) is 11.6 Å². The Labute approximate surface area is 144 Å². The summed E-state index contributed by atoms with van der Waals surface area (Å²) >= 11 is 0. The van der Waals surface area contributed by atoms with Gasteiger partial charge >= 0.3 is 0 Å². The molecule has 2 aliphatic heterocycles. The topological polar surface area (TPSA) is 38.8 Å². The fourth-order valence-electron chi connectivity index (χ4n) is 3.39. The highest BCUT2D eigenvalue weighted by atomic mass is 19.2. The fraction of sp³-hybridized carbons (Fsp3) is 0.316. The summed E-state index contributed by atoms with van der Waals surface area (Å²) in [5.41, 5.74) is 1.19. The number of rotatable bonds is 3. The summed E-state index contributed by atoms with van der Waals surface area (Å²) in [4.78, 5) is 14.1. The third kappa shape index (κ3) is 3.04. The molecule has 2 heterocycles. The largest absolute Gasteiger partial charge is 0.454 e. The Morgan fingerprint density at radius 3 is 2.88 bits per heavy atom. The van der Waals surface area contributed by atoms with Crippen LogP contribution >= 0.6 is 0 Å². The minimum absolute atomic E-state index is 0.0940. The van der Waals surface area contributed by atoms with Gasteiger partial charge in [0.25, 0.3) is 0 Å². The summed E-state index contributed by atoms with van der Waals surface area (Å²) in [5.74, 6) is -0.392. The molecule has 130 valence electrons. The summed E-state index contributed by atoms with van der Waals surface area (Å²) in [6.45, 7) is 1.40. The van der Waals surface area contributed by atoms with Gasteiger partial charge in [0, 0.05) is 24.6 Å². The van der Waals surface area contributed by atoms with Gasteiger partial charge in [0.2, 0.25) is 12.7 Å². The van der Waals surface area contributed by atoms with Crippen molar-refractivity contribution in [3.05, 3.63) is 59.2 Å². The molecular weight excluding hydrogens is 328 g/mol. The van der Waals surface area contributed by atoms with E-state index in [1.54, 1.807) is 4.90 Å². The number of halogens is 2. The van der Waals surface area contributed by atoms with E-state index in [9.17, 15) is 13.6 Å². The average molecular weight is 345 g/mol. The molecular formula is C19H17F2NO3. The second-order valence-electron chi connectivity index (χ2n) is 6.33. The number of nitrogens with zero attached hydrogens (tertiary/aromatic N) is 1. The van der Waals surface area contributed by atoms with Gasteiger partial charge in [-0.2, -0.15) is 0 Å². The average Bonchev–Trinajstić information content (AvgIpc) is 3.27. The molecule has 0 aliphatic carbocycles. The number of hydrogen-bond acceptors (Lipinski definition) is 3. The van der Waals surface area contributed by atoms with Crippen molar-refractivity contribution in [3.8, 4) is 11.5 Å². The molecule has 6 heteroatoms. The third-order valence-electron chi connectivity index (χ3n) is 4.78. The first kappa shape index (κ1) is 15.9. The summed E-state index contributed by atoms with van der Waals surface area (Å²) in [6.07, 6.45) is 0.703. The predicted octanol–water partition coefficient (Wildman–Crippen LogP) is 3.25. The molecule has 1 unspecified atom stereocenters. The Hall–Kier alpha value is -2.63. The van der Waals surface area contributed by atoms with Crippen LogP contribution in [0.15, 0.2) is 36.4 Å². The maximum absolute atomic E-state index is 13.7. The van der Waals surface area contributed by atoms with Gasteiger partial charge in [-0.3, -0.25) is 4.79 Å². The number of amides is 1. The van der Waals surface area contributed by atoms with Crippen LogP contribution in [0.4, 0.5) is 8.78 Å². The van der Waals surface area contributed by atoms with Crippen LogP contribution in [-0.2, 0) is 11.2 Å². The zero-order valence-electron chi connectivity index (χ0n) is 13.5. The molecule has 0 aromatic heterocycles. The van der Waals surface area contributed by atoms with Gasteiger partial charge in [-0.15, -0.1) is 0 Å². The summed E-state index contributed by atoms with van der Waals surface area (Å²) in [5, 5.41) is 0. The van der Waals surface area contributed by atoms with E-state index in [0.29, 0.717) is 13.1 Å². The Balaban J connectivity index is 1.43. The zero-order valence-corrected chi connectivity index (χ0v) is 13.5. The maximum Gasteiger partial charge on any atom is 0.231 e. The number of fused-ring (bicyclic) bond motifs is 1. The molecule has 4 nitrogen and oxygen atoms in total. The molecule has 25 heavy (non-hydrogen) atoms. The quantitative estimate of drug-likeness (QED) is 0.857. The molecule has 0 saturated carbocycles. The number of carbonyl (C=O) groups excluding carboxylic acids is 1. The van der Waals surface area contributed by atoms with Crippen LogP contribution in [0.3, 0.4) is 0 Å². The van der Waals surface area contributed by atoms with E-state index in [1.165, 1.54) is 12.1 Å². The van der Waals surface area contributed by atoms with Gasteiger partial charge in [-0.1, -0.05) is 18.2 Å². The van der Waals surface area contributed by atoms with E-state index in [-0.39, 0.29) is 30.6 Å². The molecule has 0 spiro atoms. The Morgan fingerprint density at radius 1 is 1.16 bits per heavy atom.